The third kappa shape index (κ3) is 5.44. The number of benzene rings is 2. The first-order valence-corrected chi connectivity index (χ1v) is 11.8. The summed E-state index contributed by atoms with van der Waals surface area (Å²) in [6, 6.07) is 10.5. The number of aryl methyl sites for hydroxylation is 1. The molecule has 1 heterocycles. The van der Waals surface area contributed by atoms with Crippen molar-refractivity contribution in [3.05, 3.63) is 63.9 Å². The second-order valence-electron chi connectivity index (χ2n) is 9.08. The van der Waals surface area contributed by atoms with Crippen LogP contribution in [0.1, 0.15) is 67.6 Å². The van der Waals surface area contributed by atoms with E-state index in [1.54, 1.807) is 0 Å². The molecule has 3 atom stereocenters. The molecule has 1 aliphatic heterocycles. The Morgan fingerprint density at radius 1 is 1.19 bits per heavy atom. The number of carbonyl (C=O) groups excluding carboxylic acids is 1. The lowest BCUT2D eigenvalue weighted by Gasteiger charge is -2.33. The van der Waals surface area contributed by atoms with Crippen molar-refractivity contribution in [2.45, 2.75) is 70.0 Å². The lowest BCUT2D eigenvalue weighted by atomic mass is 9.73. The summed E-state index contributed by atoms with van der Waals surface area (Å²) >= 11 is 6.49. The van der Waals surface area contributed by atoms with Crippen molar-refractivity contribution in [2.75, 3.05) is 6.61 Å². The second-order valence-corrected chi connectivity index (χ2v) is 9.52. The molecule has 0 bridgehead atoms. The SMILES string of the molecule is Cc1cc(Cl)cc(C(c2ccc(F)cc2)C2CCCCC2)c1OCC1CC(O)CC(=O)O1. The minimum atomic E-state index is -0.704. The molecule has 4 rings (SSSR count). The summed E-state index contributed by atoms with van der Waals surface area (Å²) in [6.45, 7) is 2.12. The Morgan fingerprint density at radius 2 is 1.91 bits per heavy atom. The van der Waals surface area contributed by atoms with Gasteiger partial charge in [0.15, 0.2) is 0 Å². The molecule has 2 aliphatic rings. The van der Waals surface area contributed by atoms with Gasteiger partial charge in [-0.05, 0) is 61.1 Å². The van der Waals surface area contributed by atoms with Crippen molar-refractivity contribution in [2.24, 2.45) is 5.92 Å². The highest BCUT2D eigenvalue weighted by molar-refractivity contribution is 6.30. The lowest BCUT2D eigenvalue weighted by molar-refractivity contribution is -0.162. The van der Waals surface area contributed by atoms with Crippen LogP contribution in [0.5, 0.6) is 5.75 Å². The smallest absolute Gasteiger partial charge is 0.308 e. The van der Waals surface area contributed by atoms with Crippen molar-refractivity contribution in [3.63, 3.8) is 0 Å². The van der Waals surface area contributed by atoms with Gasteiger partial charge in [0.05, 0.1) is 12.5 Å². The number of esters is 1. The largest absolute Gasteiger partial charge is 0.489 e. The number of hydrogen-bond donors (Lipinski definition) is 1. The number of aliphatic hydroxyl groups is 1. The van der Waals surface area contributed by atoms with E-state index in [-0.39, 0.29) is 24.8 Å². The third-order valence-corrected chi connectivity index (χ3v) is 6.82. The first-order valence-electron chi connectivity index (χ1n) is 11.5. The van der Waals surface area contributed by atoms with E-state index in [0.717, 1.165) is 35.3 Å². The number of carbonyl (C=O) groups is 1. The summed E-state index contributed by atoms with van der Waals surface area (Å²) in [5.41, 5.74) is 2.93. The van der Waals surface area contributed by atoms with E-state index in [4.69, 9.17) is 21.1 Å². The zero-order chi connectivity index (χ0) is 22.7. The fourth-order valence-electron chi connectivity index (χ4n) is 5.17. The van der Waals surface area contributed by atoms with Crippen LogP contribution < -0.4 is 4.74 Å². The second kappa shape index (κ2) is 10.2. The van der Waals surface area contributed by atoms with E-state index in [0.29, 0.717) is 17.4 Å². The fourth-order valence-corrected chi connectivity index (χ4v) is 5.45. The van der Waals surface area contributed by atoms with E-state index in [1.807, 2.05) is 31.2 Å². The molecule has 172 valence electrons. The van der Waals surface area contributed by atoms with Crippen molar-refractivity contribution in [1.29, 1.82) is 0 Å². The zero-order valence-electron chi connectivity index (χ0n) is 18.4. The third-order valence-electron chi connectivity index (χ3n) is 6.60. The first kappa shape index (κ1) is 23.1. The van der Waals surface area contributed by atoms with E-state index in [9.17, 15) is 14.3 Å². The molecule has 2 fully saturated rings. The summed E-state index contributed by atoms with van der Waals surface area (Å²) in [6.07, 6.45) is 4.97. The van der Waals surface area contributed by atoms with Crippen LogP contribution in [-0.4, -0.2) is 29.9 Å². The van der Waals surface area contributed by atoms with Crippen LogP contribution in [0.2, 0.25) is 5.02 Å². The zero-order valence-corrected chi connectivity index (χ0v) is 19.1. The summed E-state index contributed by atoms with van der Waals surface area (Å²) in [4.78, 5) is 11.7. The quantitative estimate of drug-likeness (QED) is 0.541. The molecule has 1 saturated carbocycles. The molecule has 6 heteroatoms. The average molecular weight is 461 g/mol. The van der Waals surface area contributed by atoms with Crippen LogP contribution >= 0.6 is 11.6 Å². The molecule has 32 heavy (non-hydrogen) atoms. The minimum absolute atomic E-state index is 0.0239. The summed E-state index contributed by atoms with van der Waals surface area (Å²) < 4.78 is 25.3. The number of hydrogen-bond acceptors (Lipinski definition) is 4. The number of aliphatic hydroxyl groups excluding tert-OH is 1. The Labute approximate surface area is 193 Å². The Bertz CT molecular complexity index is 940. The van der Waals surface area contributed by atoms with Gasteiger partial charge in [-0.2, -0.15) is 0 Å². The van der Waals surface area contributed by atoms with Gasteiger partial charge in [-0.15, -0.1) is 0 Å². The predicted octanol–water partition coefficient (Wildman–Crippen LogP) is 5.95. The Balaban J connectivity index is 1.68. The van der Waals surface area contributed by atoms with Crippen molar-refractivity contribution < 1.29 is 23.8 Å². The molecule has 0 radical (unpaired) electrons. The van der Waals surface area contributed by atoms with Gasteiger partial charge < -0.3 is 14.6 Å². The fraction of sp³-hybridized carbons (Fsp3) is 0.500. The van der Waals surface area contributed by atoms with Gasteiger partial charge in [0.25, 0.3) is 0 Å². The van der Waals surface area contributed by atoms with Gasteiger partial charge in [-0.25, -0.2) is 4.39 Å². The predicted molar refractivity (Wildman–Crippen MR) is 122 cm³/mol. The van der Waals surface area contributed by atoms with Gasteiger partial charge in [0.2, 0.25) is 0 Å². The van der Waals surface area contributed by atoms with Crippen LogP contribution in [0.3, 0.4) is 0 Å². The van der Waals surface area contributed by atoms with E-state index in [1.165, 1.54) is 31.4 Å². The maximum atomic E-state index is 13.7. The summed E-state index contributed by atoms with van der Waals surface area (Å²) in [5.74, 6) is 0.501. The number of ether oxygens (including phenoxy) is 2. The molecule has 4 nitrogen and oxygen atoms in total. The van der Waals surface area contributed by atoms with Crippen LogP contribution in [0.15, 0.2) is 36.4 Å². The normalized spacial score (nSPS) is 22.9. The number of halogens is 2. The van der Waals surface area contributed by atoms with Crippen molar-refractivity contribution in [1.82, 2.24) is 0 Å². The molecule has 0 spiro atoms. The lowest BCUT2D eigenvalue weighted by Crippen LogP contribution is -2.36. The molecule has 1 aliphatic carbocycles. The van der Waals surface area contributed by atoms with Crippen LogP contribution in [0.4, 0.5) is 4.39 Å². The summed E-state index contributed by atoms with van der Waals surface area (Å²) in [7, 11) is 0. The Hall–Kier alpha value is -2.11. The Morgan fingerprint density at radius 3 is 2.59 bits per heavy atom. The highest BCUT2D eigenvalue weighted by atomic mass is 35.5. The Kier molecular flexibility index (Phi) is 7.37. The van der Waals surface area contributed by atoms with E-state index >= 15 is 0 Å². The van der Waals surface area contributed by atoms with E-state index in [2.05, 4.69) is 0 Å². The van der Waals surface area contributed by atoms with Gasteiger partial charge in [0, 0.05) is 22.9 Å². The van der Waals surface area contributed by atoms with Gasteiger partial charge in [-0.1, -0.05) is 43.0 Å². The first-order chi connectivity index (χ1) is 15.4. The molecule has 2 aromatic carbocycles. The van der Waals surface area contributed by atoms with E-state index < -0.39 is 18.2 Å². The number of cyclic esters (lactones) is 1. The maximum absolute atomic E-state index is 13.7. The maximum Gasteiger partial charge on any atom is 0.308 e. The van der Waals surface area contributed by atoms with Gasteiger partial charge in [-0.3, -0.25) is 4.79 Å². The monoisotopic (exact) mass is 460 g/mol. The molecular weight excluding hydrogens is 431 g/mol. The van der Waals surface area contributed by atoms with Gasteiger partial charge in [0.1, 0.15) is 24.3 Å². The van der Waals surface area contributed by atoms with Crippen LogP contribution in [0, 0.1) is 18.7 Å². The van der Waals surface area contributed by atoms with Crippen LogP contribution in [-0.2, 0) is 9.53 Å². The van der Waals surface area contributed by atoms with Crippen molar-refractivity contribution in [3.8, 4) is 5.75 Å². The minimum Gasteiger partial charge on any atom is -0.489 e. The standard InChI is InChI=1S/C26H30ClFO4/c1-16-11-19(27)12-23(26(16)31-15-22-13-21(29)14-24(30)32-22)25(17-5-3-2-4-6-17)18-7-9-20(28)10-8-18/h7-12,17,21-22,25,29H,2-6,13-15H2,1H3. The molecular formula is C26H30ClFO4. The number of rotatable bonds is 6. The molecule has 2 aromatic rings. The molecule has 3 unspecified atom stereocenters. The topological polar surface area (TPSA) is 55.8 Å². The molecule has 1 saturated heterocycles. The molecule has 0 amide bonds. The van der Waals surface area contributed by atoms with Crippen molar-refractivity contribution >= 4 is 17.6 Å². The highest BCUT2D eigenvalue weighted by Crippen LogP contribution is 2.45. The molecule has 0 aromatic heterocycles. The summed E-state index contributed by atoms with van der Waals surface area (Å²) in [5, 5.41) is 10.5. The molecule has 1 N–H and O–H groups in total. The van der Waals surface area contributed by atoms with Gasteiger partial charge >= 0.3 is 5.97 Å². The van der Waals surface area contributed by atoms with Crippen LogP contribution in [0.25, 0.3) is 0 Å². The average Bonchev–Trinajstić information content (AvgIpc) is 2.75. The highest BCUT2D eigenvalue weighted by Gasteiger charge is 2.32.